The number of nitrogens with zero attached hydrogens (tertiary/aromatic N) is 2. The molecule has 0 saturated heterocycles. The van der Waals surface area contributed by atoms with Gasteiger partial charge in [0.05, 0.1) is 16.8 Å². The van der Waals surface area contributed by atoms with Crippen molar-refractivity contribution in [1.29, 1.82) is 0 Å². The van der Waals surface area contributed by atoms with Crippen LogP contribution in [0.4, 0.5) is 0 Å². The van der Waals surface area contributed by atoms with Gasteiger partial charge >= 0.3 is 0 Å². The Morgan fingerprint density at radius 2 is 2.00 bits per heavy atom. The SMILES string of the molecule is Cc1csc2c(Sc3ccc(CO)cc3)ncnc12. The first-order valence-electron chi connectivity index (χ1n) is 5.84. The summed E-state index contributed by atoms with van der Waals surface area (Å²) in [6, 6.07) is 7.87. The van der Waals surface area contributed by atoms with Crippen LogP contribution in [0.1, 0.15) is 11.1 Å². The van der Waals surface area contributed by atoms with E-state index in [9.17, 15) is 0 Å². The minimum atomic E-state index is 0.0762. The first kappa shape index (κ1) is 12.6. The summed E-state index contributed by atoms with van der Waals surface area (Å²) < 4.78 is 1.14. The third-order valence-electron chi connectivity index (χ3n) is 2.82. The van der Waals surface area contributed by atoms with Gasteiger partial charge in [-0.2, -0.15) is 0 Å². The molecule has 0 aliphatic rings. The number of aliphatic hydroxyl groups is 1. The molecule has 0 aliphatic carbocycles. The van der Waals surface area contributed by atoms with Crippen molar-refractivity contribution in [3.63, 3.8) is 0 Å². The van der Waals surface area contributed by atoms with Crippen LogP contribution in [0.15, 0.2) is 45.9 Å². The van der Waals surface area contributed by atoms with E-state index in [0.717, 1.165) is 25.7 Å². The fourth-order valence-corrected chi connectivity index (χ4v) is 3.73. The maximum absolute atomic E-state index is 9.04. The van der Waals surface area contributed by atoms with Gasteiger partial charge in [-0.15, -0.1) is 11.3 Å². The number of thiophene rings is 1. The molecule has 2 aromatic heterocycles. The highest BCUT2D eigenvalue weighted by Crippen LogP contribution is 2.35. The Bertz CT molecular complexity index is 707. The smallest absolute Gasteiger partial charge is 0.122 e. The largest absolute Gasteiger partial charge is 0.392 e. The molecule has 96 valence electrons. The Morgan fingerprint density at radius 1 is 1.21 bits per heavy atom. The molecule has 0 saturated carbocycles. The van der Waals surface area contributed by atoms with Crippen LogP contribution < -0.4 is 0 Å². The van der Waals surface area contributed by atoms with Crippen molar-refractivity contribution in [2.45, 2.75) is 23.5 Å². The molecule has 1 aromatic carbocycles. The summed E-state index contributed by atoms with van der Waals surface area (Å²) in [5.41, 5.74) is 3.15. The average molecular weight is 288 g/mol. The predicted molar refractivity (Wildman–Crippen MR) is 78.6 cm³/mol. The first-order valence-corrected chi connectivity index (χ1v) is 7.54. The van der Waals surface area contributed by atoms with E-state index in [-0.39, 0.29) is 6.61 Å². The number of hydrogen-bond donors (Lipinski definition) is 1. The van der Waals surface area contributed by atoms with Crippen molar-refractivity contribution >= 4 is 33.3 Å². The van der Waals surface area contributed by atoms with Crippen LogP contribution in [0.25, 0.3) is 10.2 Å². The highest BCUT2D eigenvalue weighted by atomic mass is 32.2. The summed E-state index contributed by atoms with van der Waals surface area (Å²) in [5.74, 6) is 0. The van der Waals surface area contributed by atoms with Crippen molar-refractivity contribution in [3.05, 3.63) is 47.1 Å². The second kappa shape index (κ2) is 5.28. The molecule has 19 heavy (non-hydrogen) atoms. The van der Waals surface area contributed by atoms with Crippen molar-refractivity contribution in [1.82, 2.24) is 9.97 Å². The van der Waals surface area contributed by atoms with Gasteiger partial charge in [-0.05, 0) is 35.6 Å². The maximum atomic E-state index is 9.04. The normalized spacial score (nSPS) is 11.1. The van der Waals surface area contributed by atoms with Crippen molar-refractivity contribution in [2.24, 2.45) is 0 Å². The topological polar surface area (TPSA) is 46.0 Å². The van der Waals surface area contributed by atoms with Crippen molar-refractivity contribution in [3.8, 4) is 0 Å². The van der Waals surface area contributed by atoms with Crippen molar-refractivity contribution < 1.29 is 5.11 Å². The Kier molecular flexibility index (Phi) is 3.50. The van der Waals surface area contributed by atoms with Crippen molar-refractivity contribution in [2.75, 3.05) is 0 Å². The Morgan fingerprint density at radius 3 is 2.74 bits per heavy atom. The van der Waals surface area contributed by atoms with E-state index in [1.807, 2.05) is 24.3 Å². The number of rotatable bonds is 3. The van der Waals surface area contributed by atoms with Crippen LogP contribution in [-0.4, -0.2) is 15.1 Å². The number of aryl methyl sites for hydroxylation is 1. The van der Waals surface area contributed by atoms with Gasteiger partial charge in [0.25, 0.3) is 0 Å². The van der Waals surface area contributed by atoms with Gasteiger partial charge in [0.15, 0.2) is 0 Å². The summed E-state index contributed by atoms with van der Waals surface area (Å²) in [4.78, 5) is 9.81. The van der Waals surface area contributed by atoms with Crippen LogP contribution in [-0.2, 0) is 6.61 Å². The van der Waals surface area contributed by atoms with Gasteiger partial charge in [0.1, 0.15) is 11.4 Å². The van der Waals surface area contributed by atoms with Crippen LogP contribution in [0.2, 0.25) is 0 Å². The quantitative estimate of drug-likeness (QED) is 0.747. The van der Waals surface area contributed by atoms with Crippen LogP contribution in [0, 0.1) is 6.92 Å². The molecule has 2 heterocycles. The minimum absolute atomic E-state index is 0.0762. The number of aromatic nitrogens is 2. The molecule has 0 atom stereocenters. The number of fused-ring (bicyclic) bond motifs is 1. The molecular formula is C14H12N2OS2. The minimum Gasteiger partial charge on any atom is -0.392 e. The first-order chi connectivity index (χ1) is 9.28. The second-order valence-electron chi connectivity index (χ2n) is 4.18. The zero-order chi connectivity index (χ0) is 13.2. The lowest BCUT2D eigenvalue weighted by molar-refractivity contribution is 0.282. The van der Waals surface area contributed by atoms with E-state index in [1.165, 1.54) is 5.56 Å². The van der Waals surface area contributed by atoms with E-state index in [4.69, 9.17) is 5.11 Å². The summed E-state index contributed by atoms with van der Waals surface area (Å²) in [6.45, 7) is 2.14. The third kappa shape index (κ3) is 2.49. The standard InChI is InChI=1S/C14H12N2OS2/c1-9-7-18-13-12(9)15-8-16-14(13)19-11-4-2-10(6-17)3-5-11/h2-5,7-8,17H,6H2,1H3. The van der Waals surface area contributed by atoms with Gasteiger partial charge < -0.3 is 5.11 Å². The monoisotopic (exact) mass is 288 g/mol. The molecule has 0 amide bonds. The summed E-state index contributed by atoms with van der Waals surface area (Å²) in [5, 5.41) is 12.1. The Hall–Kier alpha value is -1.43. The van der Waals surface area contributed by atoms with E-state index in [2.05, 4.69) is 22.3 Å². The molecule has 5 heteroatoms. The molecular weight excluding hydrogens is 276 g/mol. The number of hydrogen-bond acceptors (Lipinski definition) is 5. The van der Waals surface area contributed by atoms with Crippen LogP contribution >= 0.6 is 23.1 Å². The molecule has 3 rings (SSSR count). The molecule has 0 fully saturated rings. The summed E-state index contributed by atoms with van der Waals surface area (Å²) in [6.07, 6.45) is 1.62. The highest BCUT2D eigenvalue weighted by Gasteiger charge is 2.09. The van der Waals surface area contributed by atoms with Gasteiger partial charge in [-0.1, -0.05) is 23.9 Å². The number of benzene rings is 1. The molecule has 3 aromatic rings. The highest BCUT2D eigenvalue weighted by molar-refractivity contribution is 7.99. The molecule has 3 nitrogen and oxygen atoms in total. The summed E-state index contributed by atoms with van der Waals surface area (Å²) >= 11 is 3.31. The Balaban J connectivity index is 1.96. The van der Waals surface area contributed by atoms with Gasteiger partial charge in [-0.3, -0.25) is 0 Å². The maximum Gasteiger partial charge on any atom is 0.122 e. The second-order valence-corrected chi connectivity index (χ2v) is 6.12. The molecule has 0 unspecified atom stereocenters. The third-order valence-corrected chi connectivity index (χ3v) is 5.05. The van der Waals surface area contributed by atoms with Gasteiger partial charge in [0.2, 0.25) is 0 Å². The zero-order valence-corrected chi connectivity index (χ0v) is 12.0. The van der Waals surface area contributed by atoms with Crippen LogP contribution in [0.3, 0.4) is 0 Å². The fourth-order valence-electron chi connectivity index (χ4n) is 1.80. The van der Waals surface area contributed by atoms with E-state index in [0.29, 0.717) is 0 Å². The predicted octanol–water partition coefficient (Wildman–Crippen LogP) is 3.64. The fraction of sp³-hybridized carbons (Fsp3) is 0.143. The van der Waals surface area contributed by atoms with E-state index >= 15 is 0 Å². The lowest BCUT2D eigenvalue weighted by atomic mass is 10.2. The van der Waals surface area contributed by atoms with Gasteiger partial charge in [0, 0.05) is 4.90 Å². The van der Waals surface area contributed by atoms with Crippen LogP contribution in [0.5, 0.6) is 0 Å². The average Bonchev–Trinajstić information content (AvgIpc) is 2.83. The molecule has 0 bridgehead atoms. The Labute approximate surface area is 119 Å². The molecule has 0 aliphatic heterocycles. The number of aliphatic hydroxyl groups excluding tert-OH is 1. The molecule has 0 radical (unpaired) electrons. The summed E-state index contributed by atoms with van der Waals surface area (Å²) in [7, 11) is 0. The van der Waals surface area contributed by atoms with E-state index < -0.39 is 0 Å². The van der Waals surface area contributed by atoms with E-state index in [1.54, 1.807) is 29.4 Å². The molecule has 1 N–H and O–H groups in total. The molecule has 0 spiro atoms. The zero-order valence-electron chi connectivity index (χ0n) is 10.3. The lowest BCUT2D eigenvalue weighted by Gasteiger charge is -2.03. The van der Waals surface area contributed by atoms with Gasteiger partial charge in [-0.25, -0.2) is 9.97 Å². The lowest BCUT2D eigenvalue weighted by Crippen LogP contribution is -1.85.